The molecule has 40 heavy (non-hydrogen) atoms. The fourth-order valence-corrected chi connectivity index (χ4v) is 5.56. The van der Waals surface area contributed by atoms with Gasteiger partial charge in [0, 0.05) is 33.9 Å². The minimum Gasteiger partial charge on any atom is -0.478 e. The van der Waals surface area contributed by atoms with E-state index in [1.54, 1.807) is 30.3 Å². The van der Waals surface area contributed by atoms with Crippen LogP contribution >= 0.6 is 11.8 Å². The fraction of sp³-hybridized carbons (Fsp3) is 0.188. The molecule has 0 aliphatic carbocycles. The van der Waals surface area contributed by atoms with Crippen molar-refractivity contribution in [3.8, 4) is 0 Å². The van der Waals surface area contributed by atoms with Gasteiger partial charge in [-0.25, -0.2) is 4.79 Å². The molecule has 3 N–H and O–H groups in total. The van der Waals surface area contributed by atoms with Crippen molar-refractivity contribution >= 4 is 29.3 Å². The molecule has 5 rings (SSSR count). The highest BCUT2D eigenvalue weighted by atomic mass is 32.2. The number of hydrogen-bond donors (Lipinski definition) is 3. The van der Waals surface area contributed by atoms with Crippen LogP contribution in [0, 0.1) is 0 Å². The number of aromatic carboxylic acids is 1. The average molecular weight is 556 g/mol. The Kier molecular flexibility index (Phi) is 8.93. The van der Waals surface area contributed by atoms with E-state index in [1.165, 1.54) is 11.8 Å². The molecular weight excluding hydrogens is 526 g/mol. The molecule has 0 spiro atoms. The van der Waals surface area contributed by atoms with Crippen LogP contribution in [-0.4, -0.2) is 33.9 Å². The van der Waals surface area contributed by atoms with E-state index in [0.29, 0.717) is 28.3 Å². The van der Waals surface area contributed by atoms with Crippen molar-refractivity contribution in [2.24, 2.45) is 0 Å². The SMILES string of the molecule is O=C(Nc1ccc([C@@H]2O[C@H](CSc3ccccc3C(=O)O)C[C@H](c3ccc(CO)cc3)O2)cc1)c1ccccc1. The van der Waals surface area contributed by atoms with Crippen molar-refractivity contribution < 1.29 is 29.3 Å². The largest absolute Gasteiger partial charge is 0.478 e. The molecule has 4 aromatic rings. The van der Waals surface area contributed by atoms with Crippen LogP contribution in [0.5, 0.6) is 0 Å². The van der Waals surface area contributed by atoms with Crippen molar-refractivity contribution in [1.82, 2.24) is 0 Å². The van der Waals surface area contributed by atoms with Gasteiger partial charge in [-0.15, -0.1) is 11.8 Å². The van der Waals surface area contributed by atoms with E-state index < -0.39 is 12.3 Å². The summed E-state index contributed by atoms with van der Waals surface area (Å²) in [5, 5.41) is 21.9. The molecule has 204 valence electrons. The summed E-state index contributed by atoms with van der Waals surface area (Å²) in [4.78, 5) is 24.9. The lowest BCUT2D eigenvalue weighted by atomic mass is 10.0. The molecule has 0 radical (unpaired) electrons. The average Bonchev–Trinajstić information content (AvgIpc) is 3.01. The second-order valence-electron chi connectivity index (χ2n) is 9.40. The molecular formula is C32H29NO6S. The first-order chi connectivity index (χ1) is 19.5. The van der Waals surface area contributed by atoms with Gasteiger partial charge in [0.2, 0.25) is 0 Å². The second kappa shape index (κ2) is 12.9. The number of carboxylic acid groups (broad SMARTS) is 1. The quantitative estimate of drug-likeness (QED) is 0.203. The number of aliphatic hydroxyl groups excluding tert-OH is 1. The minimum atomic E-state index is -0.963. The number of nitrogens with one attached hydrogen (secondary N) is 1. The maximum atomic E-state index is 12.5. The summed E-state index contributed by atoms with van der Waals surface area (Å²) in [6.45, 7) is -0.0348. The van der Waals surface area contributed by atoms with E-state index in [-0.39, 0.29) is 30.3 Å². The van der Waals surface area contributed by atoms with Crippen molar-refractivity contribution in [3.05, 3.63) is 131 Å². The third-order valence-electron chi connectivity index (χ3n) is 6.63. The molecule has 0 bridgehead atoms. The monoisotopic (exact) mass is 555 g/mol. The maximum absolute atomic E-state index is 12.5. The Morgan fingerprint density at radius 1 is 0.825 bits per heavy atom. The summed E-state index contributed by atoms with van der Waals surface area (Å²) in [5.74, 6) is -0.612. The second-order valence-corrected chi connectivity index (χ2v) is 10.5. The Bertz CT molecular complexity index is 1440. The van der Waals surface area contributed by atoms with Crippen LogP contribution in [0.1, 0.15) is 56.2 Å². The van der Waals surface area contributed by atoms with Gasteiger partial charge in [-0.3, -0.25) is 4.79 Å². The van der Waals surface area contributed by atoms with Gasteiger partial charge in [0.1, 0.15) is 0 Å². The van der Waals surface area contributed by atoms with Crippen LogP contribution in [0.3, 0.4) is 0 Å². The van der Waals surface area contributed by atoms with Crippen LogP contribution in [0.2, 0.25) is 0 Å². The zero-order valence-corrected chi connectivity index (χ0v) is 22.4. The van der Waals surface area contributed by atoms with Gasteiger partial charge in [-0.05, 0) is 47.5 Å². The van der Waals surface area contributed by atoms with Crippen molar-refractivity contribution in [2.75, 3.05) is 11.1 Å². The number of thioether (sulfide) groups is 1. The summed E-state index contributed by atoms with van der Waals surface area (Å²) >= 11 is 1.45. The molecule has 3 atom stereocenters. The molecule has 1 aliphatic rings. The predicted molar refractivity (Wildman–Crippen MR) is 153 cm³/mol. The normalized spacial score (nSPS) is 18.7. The smallest absolute Gasteiger partial charge is 0.336 e. The van der Waals surface area contributed by atoms with Crippen LogP contribution < -0.4 is 5.32 Å². The van der Waals surface area contributed by atoms with E-state index >= 15 is 0 Å². The highest BCUT2D eigenvalue weighted by Crippen LogP contribution is 2.40. The Labute approximate surface area is 236 Å². The number of hydrogen-bond acceptors (Lipinski definition) is 6. The number of rotatable bonds is 9. The highest BCUT2D eigenvalue weighted by Gasteiger charge is 2.32. The standard InChI is InChI=1S/C32H29NO6S/c34-19-21-10-12-22(13-11-21)28-18-26(20-40-29-9-5-4-8-27(29)31(36)37)38-32(39-28)24-14-16-25(17-15-24)33-30(35)23-6-2-1-3-7-23/h1-17,26,28,32,34H,18-20H2,(H,33,35)(H,36,37)/t26-,28+,32+/m0/s1. The van der Waals surface area contributed by atoms with E-state index in [1.807, 2.05) is 72.8 Å². The molecule has 1 aliphatic heterocycles. The summed E-state index contributed by atoms with van der Waals surface area (Å²) in [6.07, 6.45) is -0.548. The molecule has 0 unspecified atom stereocenters. The molecule has 1 heterocycles. The molecule has 1 amide bonds. The topological polar surface area (TPSA) is 105 Å². The Balaban J connectivity index is 1.33. The third kappa shape index (κ3) is 6.78. The van der Waals surface area contributed by atoms with E-state index in [0.717, 1.165) is 16.7 Å². The van der Waals surface area contributed by atoms with Gasteiger partial charge >= 0.3 is 5.97 Å². The lowest BCUT2D eigenvalue weighted by Gasteiger charge is -2.36. The van der Waals surface area contributed by atoms with Crippen LogP contribution in [0.25, 0.3) is 0 Å². The first-order valence-corrected chi connectivity index (χ1v) is 13.9. The number of amides is 1. The first kappa shape index (κ1) is 27.6. The maximum Gasteiger partial charge on any atom is 0.336 e. The van der Waals surface area contributed by atoms with Gasteiger partial charge in [0.05, 0.1) is 24.4 Å². The first-order valence-electron chi connectivity index (χ1n) is 12.9. The summed E-state index contributed by atoms with van der Waals surface area (Å²) in [6, 6.07) is 31.0. The van der Waals surface area contributed by atoms with Gasteiger partial charge in [-0.2, -0.15) is 0 Å². The fourth-order valence-electron chi connectivity index (χ4n) is 4.49. The van der Waals surface area contributed by atoms with Gasteiger partial charge in [-0.1, -0.05) is 66.7 Å². The summed E-state index contributed by atoms with van der Waals surface area (Å²) in [5.41, 5.74) is 4.08. The number of aliphatic hydroxyl groups is 1. The number of carbonyl (C=O) groups is 2. The van der Waals surface area contributed by atoms with Gasteiger partial charge < -0.3 is 25.0 Å². The van der Waals surface area contributed by atoms with E-state index in [4.69, 9.17) is 9.47 Å². The molecule has 7 nitrogen and oxygen atoms in total. The number of carboxylic acids is 1. The lowest BCUT2D eigenvalue weighted by molar-refractivity contribution is -0.245. The highest BCUT2D eigenvalue weighted by molar-refractivity contribution is 7.99. The molecule has 0 saturated carbocycles. The van der Waals surface area contributed by atoms with Crippen LogP contribution in [0.4, 0.5) is 5.69 Å². The zero-order chi connectivity index (χ0) is 27.9. The van der Waals surface area contributed by atoms with Crippen molar-refractivity contribution in [2.45, 2.75) is 36.4 Å². The molecule has 4 aromatic carbocycles. The Hall–Kier alpha value is -3.95. The van der Waals surface area contributed by atoms with Gasteiger partial charge in [0.25, 0.3) is 5.91 Å². The predicted octanol–water partition coefficient (Wildman–Crippen LogP) is 6.47. The zero-order valence-electron chi connectivity index (χ0n) is 21.6. The molecule has 8 heteroatoms. The summed E-state index contributed by atoms with van der Waals surface area (Å²) < 4.78 is 12.8. The third-order valence-corrected chi connectivity index (χ3v) is 7.84. The Morgan fingerprint density at radius 2 is 1.50 bits per heavy atom. The lowest BCUT2D eigenvalue weighted by Crippen LogP contribution is -2.31. The number of ether oxygens (including phenoxy) is 2. The van der Waals surface area contributed by atoms with Crippen LogP contribution in [0.15, 0.2) is 108 Å². The summed E-state index contributed by atoms with van der Waals surface area (Å²) in [7, 11) is 0. The van der Waals surface area contributed by atoms with Crippen molar-refractivity contribution in [1.29, 1.82) is 0 Å². The molecule has 0 aromatic heterocycles. The van der Waals surface area contributed by atoms with Crippen molar-refractivity contribution in [3.63, 3.8) is 0 Å². The van der Waals surface area contributed by atoms with E-state index in [2.05, 4.69) is 5.32 Å². The molecule has 1 fully saturated rings. The van der Waals surface area contributed by atoms with Crippen LogP contribution in [-0.2, 0) is 16.1 Å². The minimum absolute atomic E-state index is 0.0348. The number of carbonyl (C=O) groups excluding carboxylic acids is 1. The van der Waals surface area contributed by atoms with Gasteiger partial charge in [0.15, 0.2) is 6.29 Å². The van der Waals surface area contributed by atoms with E-state index in [9.17, 15) is 19.8 Å². The number of benzene rings is 4. The molecule has 1 saturated heterocycles. The number of anilines is 1. The Morgan fingerprint density at radius 3 is 2.20 bits per heavy atom.